The fraction of sp³-hybridized carbons (Fsp3) is 0.846. The molecule has 0 aromatic rings. The van der Waals surface area contributed by atoms with Crippen LogP contribution in [-0.2, 0) is 112 Å². The molecule has 0 saturated carbocycles. The zero-order chi connectivity index (χ0) is 32.5. The van der Waals surface area contributed by atoms with Gasteiger partial charge in [0.2, 0.25) is 6.08 Å². The number of nitrogens with one attached hydrogen (secondary N) is 2. The van der Waals surface area contributed by atoms with Gasteiger partial charge in [0.25, 0.3) is 0 Å². The number of aliphatic imine (C=N–C) groups is 1. The number of halogens is 6. The van der Waals surface area contributed by atoms with Gasteiger partial charge in [-0.3, -0.25) is 0 Å². The van der Waals surface area contributed by atoms with E-state index in [-0.39, 0.29) is 167 Å². The van der Waals surface area contributed by atoms with Crippen molar-refractivity contribution in [3.8, 4) is 0 Å². The summed E-state index contributed by atoms with van der Waals surface area (Å²) in [5.74, 6) is 0. The number of hydrogen-bond donors (Lipinski definition) is 3. The molecule has 0 aliphatic rings. The van der Waals surface area contributed by atoms with Gasteiger partial charge in [0.05, 0.1) is 0 Å². The van der Waals surface area contributed by atoms with Gasteiger partial charge >= 0.3 is 56.5 Å². The van der Waals surface area contributed by atoms with Crippen LogP contribution >= 0.6 is 98.4 Å². The Morgan fingerprint density at radius 1 is 0.786 bits per heavy atom. The second kappa shape index (κ2) is 376. The van der Waals surface area contributed by atoms with Gasteiger partial charge in [0.1, 0.15) is 0 Å². The first-order valence-electron chi connectivity index (χ1n) is 12.7. The minimum absolute atomic E-state index is 0. The van der Waals surface area contributed by atoms with Crippen molar-refractivity contribution in [1.82, 2.24) is 10.6 Å². The second-order valence-corrected chi connectivity index (χ2v) is 18.0. The molecule has 0 saturated heterocycles. The maximum Gasteiger partial charge on any atom is 0.0194 e. The maximum absolute atomic E-state index is 10.2. The molecule has 0 unspecified atom stereocenters. The molecule has 16 heteroatoms. The Morgan fingerprint density at radius 3 is 0.976 bits per heavy atom. The van der Waals surface area contributed by atoms with Crippen LogP contribution in [0.3, 0.4) is 0 Å². The Morgan fingerprint density at radius 2 is 0.952 bits per heavy atom. The van der Waals surface area contributed by atoms with Gasteiger partial charge in [-0.2, -0.15) is 0 Å². The number of carbonyl (C=O) groups is 1. The molecule has 0 heterocycles. The number of nitrogens with zero attached hydrogens (tertiary/aromatic N) is 1. The van der Waals surface area contributed by atoms with Gasteiger partial charge in [-0.25, -0.2) is 14.6 Å². The minimum atomic E-state index is -0.123. The van der Waals surface area contributed by atoms with E-state index in [1.807, 2.05) is 90.0 Å². The predicted octanol–water partition coefficient (Wildman–Crippen LogP) is 10.6. The van der Waals surface area contributed by atoms with Gasteiger partial charge in [-0.15, -0.1) is 24.0 Å². The Balaban J connectivity index is -0.00000000607. The van der Waals surface area contributed by atoms with Crippen LogP contribution in [0.25, 0.3) is 0 Å². The molecule has 0 rings (SSSR count). The van der Waals surface area contributed by atoms with E-state index in [0.29, 0.717) is 26.3 Å². The second-order valence-electron chi connectivity index (χ2n) is 1.73. The average molecular weight is 1790 g/mol. The topological polar surface area (TPSA) is 96.6 Å². The number of amides is 2. The SMILES string of the molecule is C.C.CC.CC.CC.CC.CC.CC.CCN=C=O.CCNC(=O)NC.CN.I.II.I[I-]I.[3H]C.[3H]C.[CH3-].[CH3-].[W].[W].[Y].[Y]. The molecule has 0 spiro atoms. The normalized spacial score (nSPS) is 3.98. The summed E-state index contributed by atoms with van der Waals surface area (Å²) < 4.78 is 11.5. The fourth-order valence-electron chi connectivity index (χ4n) is 0.313. The van der Waals surface area contributed by atoms with Crippen LogP contribution in [0.5, 0.6) is 0 Å². The molecule has 0 aliphatic heterocycles. The first kappa shape index (κ1) is 135. The molecule has 0 aromatic heterocycles. The summed E-state index contributed by atoms with van der Waals surface area (Å²) in [5.41, 5.74) is 4.50. The van der Waals surface area contributed by atoms with E-state index >= 15 is 0 Å². The van der Waals surface area contributed by atoms with Gasteiger partial charge in [-0.1, -0.05) is 113 Å². The summed E-state index contributed by atoms with van der Waals surface area (Å²) >= 11 is 9.54. The summed E-state index contributed by atoms with van der Waals surface area (Å²) in [7, 11) is 5.59. The third-order valence-corrected chi connectivity index (χ3v) is 0.787. The molecule has 0 atom stereocenters. The molecule has 4 N–H and O–H groups in total. The zero-order valence-corrected chi connectivity index (χ0v) is 54.2. The summed E-state index contributed by atoms with van der Waals surface area (Å²) in [6, 6.07) is -0.123. The third kappa shape index (κ3) is 525. The standard InChI is InChI=1S/C4H10N2O.C3H5NO.6C2H6.CH5N.4CH4.2CH3.I3.I2.HI.2W.2Y/c1-3-6-4(7)5-2;1-2-4-3-5;7*1-2;;;;;;;1-3-2;1-2;;;;;/h3H2,1-2H3,(H2,5,6,7);2H2,1H3;6*1-2H3;2H2,1H3;4*1H4;2*1H3;;;1H;;;;/q;;;;;;;;;;;;;3*-1;;;;;;/i;;;;;;;;;2*1T;;;;;;;;;;;. The van der Waals surface area contributed by atoms with Crippen LogP contribution in [0.4, 0.5) is 4.79 Å². The van der Waals surface area contributed by atoms with E-state index in [0.717, 1.165) is 0 Å². The zero-order valence-electron chi connectivity index (χ0n) is 31.5. The molecule has 0 aliphatic carbocycles. The number of hydrogen-bond acceptors (Lipinski definition) is 4. The monoisotopic (exact) mass is 1790 g/mol. The van der Waals surface area contributed by atoms with Crippen molar-refractivity contribution in [3.63, 3.8) is 0 Å². The molecule has 0 aromatic carbocycles. The van der Waals surface area contributed by atoms with Crippen molar-refractivity contribution in [2.75, 3.05) is 27.2 Å². The number of nitrogens with two attached hydrogens (primary N) is 1. The quantitative estimate of drug-likeness (QED) is 0.111. The third-order valence-electron chi connectivity index (χ3n) is 0.787. The van der Waals surface area contributed by atoms with E-state index in [1.54, 1.807) is 14.0 Å². The number of isocyanates is 1. The van der Waals surface area contributed by atoms with Crippen molar-refractivity contribution in [1.29, 1.82) is 0 Å². The molecule has 42 heavy (non-hydrogen) atoms. The summed E-state index contributed by atoms with van der Waals surface area (Å²) in [6.07, 6.45) is 1.39. The van der Waals surface area contributed by atoms with Crippen molar-refractivity contribution >= 4 is 111 Å². The van der Waals surface area contributed by atoms with Gasteiger partial charge < -0.3 is 31.2 Å². The Hall–Kier alpha value is 6.57. The van der Waals surface area contributed by atoms with Crippen LogP contribution in [-0.4, -0.2) is 39.3 Å². The van der Waals surface area contributed by atoms with E-state index in [4.69, 9.17) is 7.54 Å². The number of urea groups is 1. The molecule has 278 valence electrons. The van der Waals surface area contributed by atoms with E-state index in [2.05, 4.69) is 95.8 Å². The molecule has 0 bridgehead atoms. The Labute approximate surface area is 425 Å². The molecule has 2 radical (unpaired) electrons. The summed E-state index contributed by atoms with van der Waals surface area (Å²) in [5, 5.41) is 4.96. The summed E-state index contributed by atoms with van der Waals surface area (Å²) in [4.78, 5) is 22.5. The first-order chi connectivity index (χ1) is 17.1. The summed E-state index contributed by atoms with van der Waals surface area (Å²) in [6.45, 7) is 28.9. The minimum Gasteiger partial charge on any atom is -0.358 e. The van der Waals surface area contributed by atoms with Crippen LogP contribution in [0.15, 0.2) is 4.99 Å². The van der Waals surface area contributed by atoms with Crippen LogP contribution in [0.2, 0.25) is 0 Å². The molecule has 0 fully saturated rings. The molecular weight excluding hydrogens is 1710 g/mol. The Bertz CT molecular complexity index is 234. The van der Waals surface area contributed by atoms with E-state index in [1.165, 1.54) is 27.9 Å². The average Bonchev–Trinajstić information content (AvgIpc) is 3.00. The van der Waals surface area contributed by atoms with Gasteiger partial charge in [-0.05, 0) is 20.9 Å². The van der Waals surface area contributed by atoms with Crippen molar-refractivity contribution < 1.29 is 133 Å². The van der Waals surface area contributed by atoms with Crippen LogP contribution < -0.4 is 29.6 Å². The molecule has 6 nitrogen and oxygen atoms in total. The smallest absolute Gasteiger partial charge is 0.0194 e. The van der Waals surface area contributed by atoms with Crippen LogP contribution in [0, 0.1) is 14.9 Å². The Kier molecular flexibility index (Phi) is 1200. The largest absolute Gasteiger partial charge is 0.358 e. The molecular formula is C26H79I6N4O2W2Y2-3. The number of carbonyl (C=O) groups excluding carboxylic acids is 2. The molecule has 2 amide bonds. The van der Waals surface area contributed by atoms with Gasteiger partial charge in [0, 0.05) is 168 Å². The van der Waals surface area contributed by atoms with E-state index < -0.39 is 0 Å². The van der Waals surface area contributed by atoms with Gasteiger partial charge in [0.15, 0.2) is 0 Å². The van der Waals surface area contributed by atoms with Crippen molar-refractivity contribution in [2.24, 2.45) is 10.7 Å². The van der Waals surface area contributed by atoms with E-state index in [9.17, 15) is 4.79 Å². The predicted molar refractivity (Wildman–Crippen MR) is 236 cm³/mol. The number of rotatable bonds is 2. The maximum atomic E-state index is 10.2. The van der Waals surface area contributed by atoms with Crippen molar-refractivity contribution in [2.45, 2.75) is 127 Å². The van der Waals surface area contributed by atoms with Crippen molar-refractivity contribution in [3.05, 3.63) is 14.9 Å². The fourth-order valence-corrected chi connectivity index (χ4v) is 0.313. The first-order valence-corrected chi connectivity index (χ1v) is 29.6. The van der Waals surface area contributed by atoms with Crippen LogP contribution in [0.1, 0.15) is 129 Å².